The highest BCUT2D eigenvalue weighted by Crippen LogP contribution is 2.35. The van der Waals surface area contributed by atoms with Crippen LogP contribution in [0.15, 0.2) is 82.1 Å². The number of phenolic OH excluding ortho intramolecular Hbond substituents is 1. The fraction of sp³-hybridized carbons (Fsp3) is 0.194. The van der Waals surface area contributed by atoms with E-state index in [0.29, 0.717) is 33.7 Å². The van der Waals surface area contributed by atoms with Crippen LogP contribution in [0.5, 0.6) is 5.75 Å². The monoisotopic (exact) mass is 776 g/mol. The molecule has 0 aliphatic carbocycles. The number of thiazole rings is 1. The minimum absolute atomic E-state index is 0.200. The van der Waals surface area contributed by atoms with Crippen molar-refractivity contribution in [3.05, 3.63) is 121 Å². The largest absolute Gasteiger partial charge is 0.506 e. The molecule has 0 bridgehead atoms. The standard InChI is InChI=1S/C31H26I2N2O4S/c1-4-39-30(38)25-26(20-8-6-5-7-9-20)34-31-35(27(25)21-12-10-19(11-13-21)17(2)3)29(37)24(40-31)16-18-14-22(32)28(36)23(33)15-18/h5-17,27,36H,4H2,1-3H3/b24-16-/t27-/m0/s1. The summed E-state index contributed by atoms with van der Waals surface area (Å²) in [5.74, 6) is 0.0584. The Hall–Kier alpha value is -2.77. The van der Waals surface area contributed by atoms with Gasteiger partial charge in [0.1, 0.15) is 5.75 Å². The Morgan fingerprint density at radius 3 is 2.35 bits per heavy atom. The number of carbonyl (C=O) groups excluding carboxylic acids is 1. The van der Waals surface area contributed by atoms with E-state index in [1.165, 1.54) is 11.3 Å². The second-order valence-corrected chi connectivity index (χ2v) is 12.9. The average molecular weight is 776 g/mol. The zero-order chi connectivity index (χ0) is 28.6. The summed E-state index contributed by atoms with van der Waals surface area (Å²) in [4.78, 5) is 33.0. The molecule has 9 heteroatoms. The molecule has 0 fully saturated rings. The molecule has 5 rings (SSSR count). The van der Waals surface area contributed by atoms with Crippen molar-refractivity contribution in [1.82, 2.24) is 4.57 Å². The molecule has 40 heavy (non-hydrogen) atoms. The third-order valence-electron chi connectivity index (χ3n) is 6.63. The number of carbonyl (C=O) groups is 1. The molecule has 3 aromatic carbocycles. The molecular weight excluding hydrogens is 750 g/mol. The molecule has 2 heterocycles. The van der Waals surface area contributed by atoms with Crippen LogP contribution < -0.4 is 14.9 Å². The smallest absolute Gasteiger partial charge is 0.338 e. The number of halogens is 2. The number of nitrogens with zero attached hydrogens (tertiary/aromatic N) is 2. The lowest BCUT2D eigenvalue weighted by atomic mass is 9.91. The number of aromatic hydroxyl groups is 1. The van der Waals surface area contributed by atoms with Crippen molar-refractivity contribution in [3.8, 4) is 5.75 Å². The average Bonchev–Trinajstić information content (AvgIpc) is 3.25. The lowest BCUT2D eigenvalue weighted by Crippen LogP contribution is -2.40. The molecule has 0 saturated heterocycles. The summed E-state index contributed by atoms with van der Waals surface area (Å²) in [6.07, 6.45) is 1.81. The van der Waals surface area contributed by atoms with E-state index in [2.05, 4.69) is 59.0 Å². The van der Waals surface area contributed by atoms with Crippen LogP contribution in [0.25, 0.3) is 11.8 Å². The molecule has 1 aromatic heterocycles. The van der Waals surface area contributed by atoms with Crippen LogP contribution in [0.2, 0.25) is 0 Å². The molecule has 1 atom stereocenters. The third kappa shape index (κ3) is 5.55. The number of rotatable bonds is 6. The van der Waals surface area contributed by atoms with Crippen LogP contribution in [0.4, 0.5) is 0 Å². The van der Waals surface area contributed by atoms with E-state index in [1.54, 1.807) is 11.5 Å². The van der Waals surface area contributed by atoms with Crippen LogP contribution >= 0.6 is 56.5 Å². The normalized spacial score (nSPS) is 15.2. The molecule has 0 amide bonds. The van der Waals surface area contributed by atoms with Crippen molar-refractivity contribution in [2.75, 3.05) is 6.61 Å². The lowest BCUT2D eigenvalue weighted by Gasteiger charge is -2.26. The van der Waals surface area contributed by atoms with E-state index in [9.17, 15) is 14.7 Å². The zero-order valence-electron chi connectivity index (χ0n) is 22.0. The van der Waals surface area contributed by atoms with Crippen molar-refractivity contribution in [2.24, 2.45) is 4.99 Å². The van der Waals surface area contributed by atoms with E-state index < -0.39 is 12.0 Å². The minimum atomic E-state index is -0.714. The first-order chi connectivity index (χ1) is 19.2. The molecule has 6 nitrogen and oxygen atoms in total. The summed E-state index contributed by atoms with van der Waals surface area (Å²) >= 11 is 5.43. The highest BCUT2D eigenvalue weighted by Gasteiger charge is 2.35. The highest BCUT2D eigenvalue weighted by atomic mass is 127. The van der Waals surface area contributed by atoms with Crippen molar-refractivity contribution in [2.45, 2.75) is 32.7 Å². The van der Waals surface area contributed by atoms with Gasteiger partial charge in [-0.2, -0.15) is 0 Å². The van der Waals surface area contributed by atoms with Crippen molar-refractivity contribution < 1.29 is 14.6 Å². The van der Waals surface area contributed by atoms with Gasteiger partial charge in [-0.05, 0) is 92.9 Å². The molecule has 0 radical (unpaired) electrons. The molecule has 4 aromatic rings. The molecule has 1 N–H and O–H groups in total. The van der Waals surface area contributed by atoms with Gasteiger partial charge < -0.3 is 9.84 Å². The van der Waals surface area contributed by atoms with E-state index in [4.69, 9.17) is 9.73 Å². The number of hydrogen-bond acceptors (Lipinski definition) is 6. The Labute approximate surface area is 263 Å². The van der Waals surface area contributed by atoms with Crippen molar-refractivity contribution in [3.63, 3.8) is 0 Å². The van der Waals surface area contributed by atoms with Gasteiger partial charge in [0.25, 0.3) is 5.56 Å². The predicted molar refractivity (Wildman–Crippen MR) is 175 cm³/mol. The second kappa shape index (κ2) is 12.0. The van der Waals surface area contributed by atoms with Gasteiger partial charge in [0.2, 0.25) is 0 Å². The Bertz CT molecular complexity index is 1780. The van der Waals surface area contributed by atoms with E-state index in [0.717, 1.165) is 22.3 Å². The van der Waals surface area contributed by atoms with Gasteiger partial charge in [-0.3, -0.25) is 9.36 Å². The molecule has 1 aliphatic rings. The van der Waals surface area contributed by atoms with Gasteiger partial charge in [-0.15, -0.1) is 0 Å². The first kappa shape index (κ1) is 28.7. The van der Waals surface area contributed by atoms with Gasteiger partial charge in [0.15, 0.2) is 4.80 Å². The maximum atomic E-state index is 14.0. The zero-order valence-corrected chi connectivity index (χ0v) is 27.2. The quantitative estimate of drug-likeness (QED) is 0.194. The first-order valence-corrected chi connectivity index (χ1v) is 15.7. The topological polar surface area (TPSA) is 80.9 Å². The van der Waals surface area contributed by atoms with Crippen LogP contribution in [0.1, 0.15) is 55.0 Å². The molecule has 1 aliphatic heterocycles. The molecule has 0 saturated carbocycles. The number of ether oxygens (including phenoxy) is 1. The number of esters is 1. The Morgan fingerprint density at radius 2 is 1.75 bits per heavy atom. The van der Waals surface area contributed by atoms with Gasteiger partial charge in [-0.1, -0.05) is 79.8 Å². The summed E-state index contributed by atoms with van der Waals surface area (Å²) in [6, 6.07) is 20.5. The number of benzene rings is 3. The summed E-state index contributed by atoms with van der Waals surface area (Å²) in [6.45, 7) is 6.22. The fourth-order valence-electron chi connectivity index (χ4n) is 4.64. The fourth-order valence-corrected chi connectivity index (χ4v) is 7.46. The Morgan fingerprint density at radius 1 is 1.10 bits per heavy atom. The number of hydrogen-bond donors (Lipinski definition) is 1. The summed E-state index contributed by atoms with van der Waals surface area (Å²) in [5.41, 5.74) is 4.12. The third-order valence-corrected chi connectivity index (χ3v) is 9.26. The summed E-state index contributed by atoms with van der Waals surface area (Å²) < 4.78 is 9.02. The van der Waals surface area contributed by atoms with E-state index in [-0.39, 0.29) is 17.9 Å². The number of phenols is 1. The van der Waals surface area contributed by atoms with E-state index in [1.807, 2.05) is 72.8 Å². The van der Waals surface area contributed by atoms with Crippen LogP contribution in [-0.4, -0.2) is 22.2 Å². The second-order valence-electron chi connectivity index (χ2n) is 9.59. The maximum Gasteiger partial charge on any atom is 0.338 e. The van der Waals surface area contributed by atoms with Crippen molar-refractivity contribution in [1.29, 1.82) is 0 Å². The summed E-state index contributed by atoms with van der Waals surface area (Å²) in [5, 5.41) is 10.2. The number of aromatic nitrogens is 1. The van der Waals surface area contributed by atoms with Crippen LogP contribution in [0, 0.1) is 7.14 Å². The molecule has 0 spiro atoms. The minimum Gasteiger partial charge on any atom is -0.506 e. The first-order valence-electron chi connectivity index (χ1n) is 12.8. The molecular formula is C31H26I2N2O4S. The van der Waals surface area contributed by atoms with Crippen molar-refractivity contribution >= 4 is 74.3 Å². The van der Waals surface area contributed by atoms with Gasteiger partial charge in [0.05, 0.1) is 35.6 Å². The molecule has 0 unspecified atom stereocenters. The SMILES string of the molecule is CCOC(=O)C1=C(c2ccccc2)N=c2s/c(=C\c3cc(I)c(O)c(I)c3)c(=O)n2[C@H]1c1ccc(C(C)C)cc1. The maximum absolute atomic E-state index is 14.0. The highest BCUT2D eigenvalue weighted by molar-refractivity contribution is 14.1. The van der Waals surface area contributed by atoms with Gasteiger partial charge >= 0.3 is 5.97 Å². The Kier molecular flexibility index (Phi) is 8.62. The van der Waals surface area contributed by atoms with Gasteiger partial charge in [0, 0.05) is 5.56 Å². The molecule has 204 valence electrons. The number of fused-ring (bicyclic) bond motifs is 1. The predicted octanol–water partition coefficient (Wildman–Crippen LogP) is 5.97. The lowest BCUT2D eigenvalue weighted by molar-refractivity contribution is -0.138. The van der Waals surface area contributed by atoms with Crippen LogP contribution in [0.3, 0.4) is 0 Å². The van der Waals surface area contributed by atoms with Gasteiger partial charge in [-0.25, -0.2) is 9.79 Å². The summed E-state index contributed by atoms with van der Waals surface area (Å²) in [7, 11) is 0. The van der Waals surface area contributed by atoms with Crippen LogP contribution in [-0.2, 0) is 9.53 Å². The Balaban J connectivity index is 1.81. The van der Waals surface area contributed by atoms with E-state index >= 15 is 0 Å².